The van der Waals surface area contributed by atoms with Gasteiger partial charge in [-0.05, 0) is 38.0 Å². The van der Waals surface area contributed by atoms with Gasteiger partial charge in [0.25, 0.3) is 0 Å². The molecular formula is C16H24N2O6S. The van der Waals surface area contributed by atoms with Gasteiger partial charge in [0.15, 0.2) is 0 Å². The van der Waals surface area contributed by atoms with Gasteiger partial charge in [0.1, 0.15) is 0 Å². The number of carboxylic acid groups (broad SMARTS) is 1. The predicted octanol–water partition coefficient (Wildman–Crippen LogP) is 1.29. The van der Waals surface area contributed by atoms with Crippen LogP contribution in [-0.4, -0.2) is 58.5 Å². The molecule has 0 saturated carbocycles. The van der Waals surface area contributed by atoms with E-state index in [1.807, 2.05) is 6.92 Å². The van der Waals surface area contributed by atoms with Crippen molar-refractivity contribution in [2.75, 3.05) is 32.2 Å². The molecule has 9 heteroatoms. The molecule has 25 heavy (non-hydrogen) atoms. The van der Waals surface area contributed by atoms with Crippen molar-refractivity contribution in [1.29, 1.82) is 0 Å². The molecule has 1 aliphatic rings. The molecular weight excluding hydrogens is 348 g/mol. The van der Waals surface area contributed by atoms with Crippen LogP contribution < -0.4 is 10.0 Å². The Morgan fingerprint density at radius 2 is 2.24 bits per heavy atom. The molecule has 1 saturated heterocycles. The van der Waals surface area contributed by atoms with Crippen molar-refractivity contribution in [3.05, 3.63) is 23.8 Å². The Kier molecular flexibility index (Phi) is 6.77. The minimum Gasteiger partial charge on any atom is -0.478 e. The van der Waals surface area contributed by atoms with E-state index in [4.69, 9.17) is 9.47 Å². The summed E-state index contributed by atoms with van der Waals surface area (Å²) >= 11 is 0. The summed E-state index contributed by atoms with van der Waals surface area (Å²) in [5, 5.41) is 12.4. The number of ether oxygens (including phenoxy) is 2. The van der Waals surface area contributed by atoms with Crippen molar-refractivity contribution in [3.8, 4) is 0 Å². The van der Waals surface area contributed by atoms with E-state index in [0.29, 0.717) is 18.9 Å². The molecule has 1 aliphatic heterocycles. The van der Waals surface area contributed by atoms with Crippen LogP contribution in [-0.2, 0) is 19.5 Å². The van der Waals surface area contributed by atoms with Crippen molar-refractivity contribution in [2.24, 2.45) is 0 Å². The lowest BCUT2D eigenvalue weighted by Gasteiger charge is -2.17. The monoisotopic (exact) mass is 372 g/mol. The van der Waals surface area contributed by atoms with Crippen LogP contribution in [0.1, 0.15) is 30.1 Å². The van der Waals surface area contributed by atoms with Gasteiger partial charge in [0.2, 0.25) is 10.0 Å². The molecule has 1 heterocycles. The Labute approximate surface area is 147 Å². The molecule has 0 unspecified atom stereocenters. The molecule has 0 amide bonds. The van der Waals surface area contributed by atoms with Gasteiger partial charge < -0.3 is 19.9 Å². The molecule has 1 aromatic carbocycles. The maximum Gasteiger partial charge on any atom is 0.337 e. The minimum absolute atomic E-state index is 0.0900. The van der Waals surface area contributed by atoms with Crippen LogP contribution >= 0.6 is 0 Å². The van der Waals surface area contributed by atoms with E-state index in [-0.39, 0.29) is 29.1 Å². The molecule has 3 N–H and O–H groups in total. The zero-order valence-corrected chi connectivity index (χ0v) is 15.1. The summed E-state index contributed by atoms with van der Waals surface area (Å²) in [6.45, 7) is 3.04. The third kappa shape index (κ3) is 5.40. The smallest absolute Gasteiger partial charge is 0.337 e. The number of carboxylic acids is 1. The number of carbonyl (C=O) groups is 1. The molecule has 1 fully saturated rings. The molecule has 1 aromatic rings. The fourth-order valence-corrected chi connectivity index (χ4v) is 3.73. The first-order valence-corrected chi connectivity index (χ1v) is 9.56. The van der Waals surface area contributed by atoms with Gasteiger partial charge in [-0.1, -0.05) is 0 Å². The highest BCUT2D eigenvalue weighted by Gasteiger charge is 2.22. The maximum atomic E-state index is 12.4. The van der Waals surface area contributed by atoms with Gasteiger partial charge >= 0.3 is 5.97 Å². The second kappa shape index (κ2) is 8.61. The zero-order valence-electron chi connectivity index (χ0n) is 14.3. The first-order valence-electron chi connectivity index (χ1n) is 8.07. The normalized spacial score (nSPS) is 18.9. The third-order valence-corrected chi connectivity index (χ3v) is 5.30. The first-order chi connectivity index (χ1) is 11.8. The number of benzene rings is 1. The van der Waals surface area contributed by atoms with Gasteiger partial charge in [-0.2, -0.15) is 0 Å². The molecule has 0 radical (unpaired) electrons. The molecule has 0 aromatic heterocycles. The van der Waals surface area contributed by atoms with Crippen LogP contribution in [0.2, 0.25) is 0 Å². The Hall–Kier alpha value is -1.68. The molecule has 0 aliphatic carbocycles. The number of nitrogens with one attached hydrogen (secondary N) is 2. The number of rotatable bonds is 9. The number of methoxy groups -OCH3 is 1. The fraction of sp³-hybridized carbons (Fsp3) is 0.562. The zero-order chi connectivity index (χ0) is 18.4. The Morgan fingerprint density at radius 3 is 2.84 bits per heavy atom. The predicted molar refractivity (Wildman–Crippen MR) is 92.5 cm³/mol. The van der Waals surface area contributed by atoms with Crippen LogP contribution in [0.25, 0.3) is 0 Å². The standard InChI is InChI=1S/C16H24N2O6S/c1-11(10-23-2)18-15-6-5-13(8-14(15)16(19)20)25(21,22)17-9-12-4-3-7-24-12/h5-6,8,11-12,17-18H,3-4,7,9-10H2,1-2H3,(H,19,20)/t11-,12-/m0/s1. The molecule has 0 bridgehead atoms. The Balaban J connectivity index is 2.17. The van der Waals surface area contributed by atoms with Gasteiger partial charge in [-0.3, -0.25) is 0 Å². The maximum absolute atomic E-state index is 12.4. The number of hydrogen-bond acceptors (Lipinski definition) is 6. The van der Waals surface area contributed by atoms with Crippen molar-refractivity contribution in [1.82, 2.24) is 4.72 Å². The van der Waals surface area contributed by atoms with E-state index in [1.165, 1.54) is 12.1 Å². The van der Waals surface area contributed by atoms with Gasteiger partial charge in [-0.25, -0.2) is 17.9 Å². The van der Waals surface area contributed by atoms with E-state index in [0.717, 1.165) is 18.9 Å². The van der Waals surface area contributed by atoms with Gasteiger partial charge in [0, 0.05) is 32.0 Å². The highest BCUT2D eigenvalue weighted by Crippen LogP contribution is 2.22. The van der Waals surface area contributed by atoms with Crippen LogP contribution in [0, 0.1) is 0 Å². The second-order valence-corrected chi connectivity index (χ2v) is 7.77. The van der Waals surface area contributed by atoms with E-state index in [1.54, 1.807) is 7.11 Å². The number of aromatic carboxylic acids is 1. The molecule has 2 rings (SSSR count). The second-order valence-electron chi connectivity index (χ2n) is 6.00. The van der Waals surface area contributed by atoms with Crippen LogP contribution in [0.15, 0.2) is 23.1 Å². The molecule has 8 nitrogen and oxygen atoms in total. The van der Waals surface area contributed by atoms with Crippen LogP contribution in [0.3, 0.4) is 0 Å². The quantitative estimate of drug-likeness (QED) is 0.598. The lowest BCUT2D eigenvalue weighted by Crippen LogP contribution is -2.32. The first kappa shape index (κ1) is 19.6. The van der Waals surface area contributed by atoms with Gasteiger partial charge in [0.05, 0.1) is 23.2 Å². The van der Waals surface area contributed by atoms with Crippen molar-refractivity contribution >= 4 is 21.7 Å². The summed E-state index contributed by atoms with van der Waals surface area (Å²) in [6.07, 6.45) is 1.59. The summed E-state index contributed by atoms with van der Waals surface area (Å²) in [6, 6.07) is 3.87. The van der Waals surface area contributed by atoms with Gasteiger partial charge in [-0.15, -0.1) is 0 Å². The highest BCUT2D eigenvalue weighted by molar-refractivity contribution is 7.89. The van der Waals surface area contributed by atoms with Crippen molar-refractivity contribution < 1.29 is 27.8 Å². The van der Waals surface area contributed by atoms with E-state index >= 15 is 0 Å². The molecule has 140 valence electrons. The van der Waals surface area contributed by atoms with Crippen LogP contribution in [0.5, 0.6) is 0 Å². The van der Waals surface area contributed by atoms with E-state index in [2.05, 4.69) is 10.0 Å². The van der Waals surface area contributed by atoms with Crippen molar-refractivity contribution in [2.45, 2.75) is 36.8 Å². The fourth-order valence-electron chi connectivity index (χ4n) is 2.64. The third-order valence-electron chi connectivity index (χ3n) is 3.88. The molecule has 0 spiro atoms. The van der Waals surface area contributed by atoms with E-state index in [9.17, 15) is 18.3 Å². The lowest BCUT2D eigenvalue weighted by molar-refractivity contribution is 0.0697. The summed E-state index contributed by atoms with van der Waals surface area (Å²) in [7, 11) is -2.26. The SMILES string of the molecule is COC[C@H](C)Nc1ccc(S(=O)(=O)NC[C@@H]2CCCO2)cc1C(=O)O. The average molecular weight is 372 g/mol. The van der Waals surface area contributed by atoms with E-state index < -0.39 is 16.0 Å². The number of anilines is 1. The minimum atomic E-state index is -3.81. The number of sulfonamides is 1. The summed E-state index contributed by atoms with van der Waals surface area (Å²) < 4.78 is 37.7. The van der Waals surface area contributed by atoms with Crippen molar-refractivity contribution in [3.63, 3.8) is 0 Å². The van der Waals surface area contributed by atoms with Crippen LogP contribution in [0.4, 0.5) is 5.69 Å². The molecule has 2 atom stereocenters. The Bertz CT molecular complexity index is 701. The largest absolute Gasteiger partial charge is 0.478 e. The highest BCUT2D eigenvalue weighted by atomic mass is 32.2. The number of hydrogen-bond donors (Lipinski definition) is 3. The summed E-state index contributed by atoms with van der Waals surface area (Å²) in [5.41, 5.74) is 0.234. The lowest BCUT2D eigenvalue weighted by atomic mass is 10.1. The summed E-state index contributed by atoms with van der Waals surface area (Å²) in [4.78, 5) is 11.4. The average Bonchev–Trinajstić information content (AvgIpc) is 3.06. The Morgan fingerprint density at radius 1 is 1.48 bits per heavy atom. The summed E-state index contributed by atoms with van der Waals surface area (Å²) in [5.74, 6) is -1.21. The topological polar surface area (TPSA) is 114 Å².